The summed E-state index contributed by atoms with van der Waals surface area (Å²) in [6.45, 7) is 4.01. The van der Waals surface area contributed by atoms with Gasteiger partial charge in [-0.25, -0.2) is 0 Å². The Kier molecular flexibility index (Phi) is 4.32. The van der Waals surface area contributed by atoms with Crippen LogP contribution in [0, 0.1) is 13.8 Å². The highest BCUT2D eigenvalue weighted by molar-refractivity contribution is 6.34. The number of nitrogens with zero attached hydrogens (tertiary/aromatic N) is 1. The van der Waals surface area contributed by atoms with Gasteiger partial charge in [0.2, 0.25) is 0 Å². The predicted molar refractivity (Wildman–Crippen MR) is 96.3 cm³/mol. The van der Waals surface area contributed by atoms with E-state index >= 15 is 0 Å². The van der Waals surface area contributed by atoms with E-state index in [2.05, 4.69) is 5.32 Å². The molecule has 4 nitrogen and oxygen atoms in total. The van der Waals surface area contributed by atoms with E-state index in [9.17, 15) is 9.90 Å². The first kappa shape index (κ1) is 16.1. The minimum Gasteiger partial charge on any atom is -0.506 e. The topological polar surface area (TPSA) is 54.3 Å². The summed E-state index contributed by atoms with van der Waals surface area (Å²) in [5, 5.41) is 12.8. The number of amides is 1. The maximum absolute atomic E-state index is 12.6. The summed E-state index contributed by atoms with van der Waals surface area (Å²) in [5.41, 5.74) is 3.70. The summed E-state index contributed by atoms with van der Waals surface area (Å²) >= 11 is 6.21. The number of nitrogens with one attached hydrogen (secondary N) is 1. The molecule has 0 aliphatic carbocycles. The molecule has 1 amide bonds. The predicted octanol–water partition coefficient (Wildman–Crippen LogP) is 4.71. The van der Waals surface area contributed by atoms with Gasteiger partial charge in [0, 0.05) is 17.1 Å². The second kappa shape index (κ2) is 6.42. The van der Waals surface area contributed by atoms with Crippen LogP contribution >= 0.6 is 11.6 Å². The molecule has 24 heavy (non-hydrogen) atoms. The van der Waals surface area contributed by atoms with Gasteiger partial charge in [0.1, 0.15) is 5.75 Å². The summed E-state index contributed by atoms with van der Waals surface area (Å²) in [7, 11) is 0. The Balaban J connectivity index is 1.98. The Morgan fingerprint density at radius 1 is 1.04 bits per heavy atom. The number of carbonyl (C=O) groups is 1. The molecular formula is C19H17ClN2O2. The molecule has 1 aromatic heterocycles. The molecule has 0 saturated heterocycles. The van der Waals surface area contributed by atoms with Crippen molar-refractivity contribution in [2.45, 2.75) is 13.8 Å². The van der Waals surface area contributed by atoms with Crippen LogP contribution in [0.1, 0.15) is 21.7 Å². The molecule has 122 valence electrons. The third-order valence-corrected chi connectivity index (χ3v) is 4.21. The zero-order valence-corrected chi connectivity index (χ0v) is 14.1. The molecule has 0 fully saturated rings. The fraction of sp³-hybridized carbons (Fsp3) is 0.105. The number of hydrogen-bond donors (Lipinski definition) is 2. The lowest BCUT2D eigenvalue weighted by Crippen LogP contribution is -2.13. The Labute approximate surface area is 145 Å². The third kappa shape index (κ3) is 3.01. The highest BCUT2D eigenvalue weighted by atomic mass is 35.5. The number of phenols is 1. The van der Waals surface area contributed by atoms with Crippen LogP contribution in [-0.4, -0.2) is 15.6 Å². The van der Waals surface area contributed by atoms with Crippen LogP contribution in [0.3, 0.4) is 0 Å². The second-order valence-electron chi connectivity index (χ2n) is 5.59. The number of carbonyl (C=O) groups excluding carboxylic acids is 1. The van der Waals surface area contributed by atoms with Crippen molar-refractivity contribution in [3.63, 3.8) is 0 Å². The van der Waals surface area contributed by atoms with Gasteiger partial charge in [0.15, 0.2) is 0 Å². The Bertz CT molecular complexity index is 896. The summed E-state index contributed by atoms with van der Waals surface area (Å²) in [4.78, 5) is 12.6. The van der Waals surface area contributed by atoms with Gasteiger partial charge in [-0.05, 0) is 56.3 Å². The van der Waals surface area contributed by atoms with E-state index in [1.165, 1.54) is 6.07 Å². The van der Waals surface area contributed by atoms with Crippen molar-refractivity contribution in [1.82, 2.24) is 4.57 Å². The van der Waals surface area contributed by atoms with Gasteiger partial charge < -0.3 is 15.0 Å². The molecule has 0 bridgehead atoms. The van der Waals surface area contributed by atoms with E-state index in [0.29, 0.717) is 16.3 Å². The largest absolute Gasteiger partial charge is 0.506 e. The van der Waals surface area contributed by atoms with Crippen LogP contribution in [0.2, 0.25) is 5.02 Å². The lowest BCUT2D eigenvalue weighted by molar-refractivity contribution is 0.102. The first-order chi connectivity index (χ1) is 11.5. The molecule has 1 heterocycles. The van der Waals surface area contributed by atoms with E-state index in [4.69, 9.17) is 11.6 Å². The number of phenolic OH excluding ortho intramolecular Hbond substituents is 1. The normalized spacial score (nSPS) is 10.6. The van der Waals surface area contributed by atoms with E-state index in [0.717, 1.165) is 17.1 Å². The van der Waals surface area contributed by atoms with Crippen molar-refractivity contribution in [2.24, 2.45) is 0 Å². The van der Waals surface area contributed by atoms with Gasteiger partial charge in [-0.15, -0.1) is 0 Å². The van der Waals surface area contributed by atoms with Crippen molar-refractivity contribution in [1.29, 1.82) is 0 Å². The maximum atomic E-state index is 12.6. The third-order valence-electron chi connectivity index (χ3n) is 3.88. The first-order valence-corrected chi connectivity index (χ1v) is 7.89. The van der Waals surface area contributed by atoms with Crippen molar-refractivity contribution >= 4 is 23.2 Å². The second-order valence-corrected chi connectivity index (χ2v) is 5.99. The van der Waals surface area contributed by atoms with Gasteiger partial charge in [0.25, 0.3) is 5.91 Å². The smallest absolute Gasteiger partial charge is 0.257 e. The number of hydrogen-bond acceptors (Lipinski definition) is 2. The number of para-hydroxylation sites is 2. The molecule has 2 N–H and O–H groups in total. The van der Waals surface area contributed by atoms with Crippen molar-refractivity contribution in [2.75, 3.05) is 5.32 Å². The SMILES string of the molecule is Cc1ccc(C)n1-c1ccc(Cl)c(C(=O)Nc2ccccc2O)c1. The molecule has 2 aromatic carbocycles. The monoisotopic (exact) mass is 340 g/mol. The lowest BCUT2D eigenvalue weighted by Gasteiger charge is -2.13. The fourth-order valence-electron chi connectivity index (χ4n) is 2.67. The van der Waals surface area contributed by atoms with Crippen LogP contribution < -0.4 is 5.32 Å². The molecule has 0 unspecified atom stereocenters. The number of anilines is 1. The highest BCUT2D eigenvalue weighted by Crippen LogP contribution is 2.26. The minimum absolute atomic E-state index is 0.00947. The van der Waals surface area contributed by atoms with Crippen molar-refractivity contribution < 1.29 is 9.90 Å². The first-order valence-electron chi connectivity index (χ1n) is 7.51. The Morgan fingerprint density at radius 3 is 2.38 bits per heavy atom. The molecule has 0 spiro atoms. The minimum atomic E-state index is -0.370. The van der Waals surface area contributed by atoms with Gasteiger partial charge >= 0.3 is 0 Å². The number of aryl methyl sites for hydroxylation is 2. The van der Waals surface area contributed by atoms with Gasteiger partial charge in [-0.1, -0.05) is 23.7 Å². The molecule has 0 radical (unpaired) electrons. The fourth-order valence-corrected chi connectivity index (χ4v) is 2.87. The standard InChI is InChI=1S/C19H17ClN2O2/c1-12-7-8-13(2)22(12)14-9-10-16(20)15(11-14)19(24)21-17-5-3-4-6-18(17)23/h3-11,23H,1-2H3,(H,21,24). The number of halogens is 1. The summed E-state index contributed by atoms with van der Waals surface area (Å²) in [5.74, 6) is -0.360. The van der Waals surface area contributed by atoms with Gasteiger partial charge in [0.05, 0.1) is 16.3 Å². The van der Waals surface area contributed by atoms with Gasteiger partial charge in [-0.2, -0.15) is 0 Å². The molecule has 5 heteroatoms. The molecule has 0 atom stereocenters. The van der Waals surface area contributed by atoms with E-state index in [1.807, 2.05) is 36.6 Å². The molecule has 0 aliphatic rings. The Morgan fingerprint density at radius 2 is 1.71 bits per heavy atom. The summed E-state index contributed by atoms with van der Waals surface area (Å²) in [6.07, 6.45) is 0. The average Bonchev–Trinajstić information content (AvgIpc) is 2.89. The number of rotatable bonds is 3. The maximum Gasteiger partial charge on any atom is 0.257 e. The van der Waals surface area contributed by atoms with Crippen LogP contribution in [0.5, 0.6) is 5.75 Å². The van der Waals surface area contributed by atoms with Crippen LogP contribution in [-0.2, 0) is 0 Å². The van der Waals surface area contributed by atoms with E-state index in [1.54, 1.807) is 30.3 Å². The van der Waals surface area contributed by atoms with Crippen molar-refractivity contribution in [3.8, 4) is 11.4 Å². The molecule has 3 rings (SSSR count). The zero-order valence-electron chi connectivity index (χ0n) is 13.4. The lowest BCUT2D eigenvalue weighted by atomic mass is 10.1. The van der Waals surface area contributed by atoms with E-state index < -0.39 is 0 Å². The van der Waals surface area contributed by atoms with Gasteiger partial charge in [-0.3, -0.25) is 4.79 Å². The summed E-state index contributed by atoms with van der Waals surface area (Å²) in [6, 6.07) is 15.9. The van der Waals surface area contributed by atoms with E-state index in [-0.39, 0.29) is 11.7 Å². The summed E-state index contributed by atoms with van der Waals surface area (Å²) < 4.78 is 2.05. The quantitative estimate of drug-likeness (QED) is 0.679. The molecule has 3 aromatic rings. The molecule has 0 saturated carbocycles. The molecular weight excluding hydrogens is 324 g/mol. The highest BCUT2D eigenvalue weighted by Gasteiger charge is 2.14. The zero-order chi connectivity index (χ0) is 17.3. The average molecular weight is 341 g/mol. The van der Waals surface area contributed by atoms with Crippen LogP contribution in [0.25, 0.3) is 5.69 Å². The number of benzene rings is 2. The Hall–Kier alpha value is -2.72. The molecule has 0 aliphatic heterocycles. The van der Waals surface area contributed by atoms with Crippen molar-refractivity contribution in [3.05, 3.63) is 76.6 Å². The van der Waals surface area contributed by atoms with Crippen LogP contribution in [0.4, 0.5) is 5.69 Å². The number of aromatic hydroxyl groups is 1. The van der Waals surface area contributed by atoms with Crippen LogP contribution in [0.15, 0.2) is 54.6 Å². The number of aromatic nitrogens is 1.